The van der Waals surface area contributed by atoms with Crippen LogP contribution in [0.3, 0.4) is 0 Å². The third-order valence-electron chi connectivity index (χ3n) is 2.27. The van der Waals surface area contributed by atoms with E-state index in [9.17, 15) is 0 Å². The van der Waals surface area contributed by atoms with E-state index in [2.05, 4.69) is 25.3 Å². The molecule has 0 spiro atoms. The lowest BCUT2D eigenvalue weighted by Gasteiger charge is -2.22. The van der Waals surface area contributed by atoms with Crippen molar-refractivity contribution < 1.29 is 0 Å². The van der Waals surface area contributed by atoms with Crippen LogP contribution < -0.4 is 0 Å². The van der Waals surface area contributed by atoms with Gasteiger partial charge in [0.05, 0.1) is 0 Å². The molecule has 60 valence electrons. The number of rotatable bonds is 2. The average molecular weight is 176 g/mol. The third-order valence-corrected chi connectivity index (χ3v) is 2.69. The molecule has 10 heavy (non-hydrogen) atoms. The zero-order valence-electron chi connectivity index (χ0n) is 6.29. The van der Waals surface area contributed by atoms with E-state index in [1.54, 1.807) is 0 Å². The largest absolute Gasteiger partial charge is 0.165 e. The van der Waals surface area contributed by atoms with Crippen molar-refractivity contribution in [1.82, 2.24) is 0 Å². The summed E-state index contributed by atoms with van der Waals surface area (Å²) in [5.74, 6) is 0.925. The molecule has 0 aromatic heterocycles. The van der Waals surface area contributed by atoms with E-state index in [0.29, 0.717) is 4.58 Å². The Morgan fingerprint density at radius 1 is 1.10 bits per heavy atom. The summed E-state index contributed by atoms with van der Waals surface area (Å²) in [7, 11) is 0. The lowest BCUT2D eigenvalue weighted by Crippen LogP contribution is -2.08. The Morgan fingerprint density at radius 2 is 1.70 bits per heavy atom. The molecule has 1 aliphatic rings. The van der Waals surface area contributed by atoms with Gasteiger partial charge in [0.1, 0.15) is 0 Å². The van der Waals surface area contributed by atoms with Crippen LogP contribution in [0.1, 0.15) is 38.5 Å². The second-order valence-corrected chi connectivity index (χ2v) is 4.87. The van der Waals surface area contributed by atoms with Gasteiger partial charge in [-0.2, -0.15) is 25.3 Å². The van der Waals surface area contributed by atoms with Crippen LogP contribution in [0.5, 0.6) is 0 Å². The molecule has 0 aromatic rings. The Labute approximate surface area is 74.6 Å². The molecule has 0 bridgehead atoms. The maximum atomic E-state index is 4.27. The molecule has 0 heterocycles. The SMILES string of the molecule is SC(S)CC1CCCCC1. The van der Waals surface area contributed by atoms with Gasteiger partial charge in [-0.3, -0.25) is 0 Å². The quantitative estimate of drug-likeness (QED) is 0.469. The van der Waals surface area contributed by atoms with E-state index in [0.717, 1.165) is 5.92 Å². The second-order valence-electron chi connectivity index (χ2n) is 3.22. The Kier molecular flexibility index (Phi) is 4.00. The van der Waals surface area contributed by atoms with E-state index >= 15 is 0 Å². The van der Waals surface area contributed by atoms with Crippen LogP contribution in [-0.2, 0) is 0 Å². The summed E-state index contributed by atoms with van der Waals surface area (Å²) >= 11 is 8.54. The number of hydrogen-bond donors (Lipinski definition) is 2. The topological polar surface area (TPSA) is 0 Å². The molecule has 0 aliphatic heterocycles. The lowest BCUT2D eigenvalue weighted by molar-refractivity contribution is 0.348. The Morgan fingerprint density at radius 3 is 2.20 bits per heavy atom. The maximum absolute atomic E-state index is 4.27. The minimum absolute atomic E-state index is 0.308. The highest BCUT2D eigenvalue weighted by Crippen LogP contribution is 2.29. The molecule has 0 saturated heterocycles. The Balaban J connectivity index is 2.13. The molecule has 1 fully saturated rings. The van der Waals surface area contributed by atoms with Crippen molar-refractivity contribution in [3.63, 3.8) is 0 Å². The van der Waals surface area contributed by atoms with Crippen LogP contribution in [0.25, 0.3) is 0 Å². The maximum Gasteiger partial charge on any atom is 0.0444 e. The third kappa shape index (κ3) is 3.20. The molecule has 2 heteroatoms. The zero-order chi connectivity index (χ0) is 7.40. The molecule has 1 saturated carbocycles. The van der Waals surface area contributed by atoms with Crippen molar-refractivity contribution >= 4 is 25.3 Å². The Hall–Kier alpha value is 0.700. The molecule has 0 N–H and O–H groups in total. The zero-order valence-corrected chi connectivity index (χ0v) is 8.08. The van der Waals surface area contributed by atoms with Crippen molar-refractivity contribution in [3.05, 3.63) is 0 Å². The van der Waals surface area contributed by atoms with Crippen LogP contribution in [-0.4, -0.2) is 4.58 Å². The summed E-state index contributed by atoms with van der Waals surface area (Å²) in [4.78, 5) is 0. The lowest BCUT2D eigenvalue weighted by atomic mass is 9.87. The fraction of sp³-hybridized carbons (Fsp3) is 1.00. The van der Waals surface area contributed by atoms with E-state index in [1.165, 1.54) is 38.5 Å². The summed E-state index contributed by atoms with van der Waals surface area (Å²) in [5.41, 5.74) is 0. The summed E-state index contributed by atoms with van der Waals surface area (Å²) in [6.45, 7) is 0. The minimum atomic E-state index is 0.308. The highest BCUT2D eigenvalue weighted by molar-refractivity contribution is 7.99. The smallest absolute Gasteiger partial charge is 0.0444 e. The summed E-state index contributed by atoms with van der Waals surface area (Å²) in [6, 6.07) is 0. The fourth-order valence-corrected chi connectivity index (χ4v) is 2.32. The Bertz CT molecular complexity index is 85.3. The predicted octanol–water partition coefficient (Wildman–Crippen LogP) is 3.14. The van der Waals surface area contributed by atoms with Crippen LogP contribution in [0.15, 0.2) is 0 Å². The van der Waals surface area contributed by atoms with Crippen molar-refractivity contribution in [1.29, 1.82) is 0 Å². The highest BCUT2D eigenvalue weighted by atomic mass is 32.2. The molecule has 0 amide bonds. The van der Waals surface area contributed by atoms with Crippen molar-refractivity contribution in [3.8, 4) is 0 Å². The molecule has 0 aromatic carbocycles. The van der Waals surface area contributed by atoms with Gasteiger partial charge in [0.2, 0.25) is 0 Å². The van der Waals surface area contributed by atoms with Gasteiger partial charge in [-0.05, 0) is 12.3 Å². The van der Waals surface area contributed by atoms with Crippen LogP contribution in [0, 0.1) is 5.92 Å². The first-order valence-electron chi connectivity index (χ1n) is 4.15. The number of hydrogen-bond acceptors (Lipinski definition) is 2. The van der Waals surface area contributed by atoms with Crippen molar-refractivity contribution in [2.45, 2.75) is 43.1 Å². The molecule has 0 radical (unpaired) electrons. The molecule has 0 nitrogen and oxygen atoms in total. The summed E-state index contributed by atoms with van der Waals surface area (Å²) < 4.78 is 0.308. The first kappa shape index (κ1) is 8.79. The van der Waals surface area contributed by atoms with E-state index in [1.807, 2.05) is 0 Å². The first-order valence-corrected chi connectivity index (χ1v) is 5.18. The van der Waals surface area contributed by atoms with Crippen LogP contribution >= 0.6 is 25.3 Å². The van der Waals surface area contributed by atoms with Gasteiger partial charge < -0.3 is 0 Å². The first-order chi connectivity index (χ1) is 4.79. The van der Waals surface area contributed by atoms with E-state index in [4.69, 9.17) is 0 Å². The summed E-state index contributed by atoms with van der Waals surface area (Å²) in [5, 5.41) is 0. The molecular weight excluding hydrogens is 160 g/mol. The van der Waals surface area contributed by atoms with Gasteiger partial charge in [-0.25, -0.2) is 0 Å². The normalized spacial score (nSPS) is 21.9. The fourth-order valence-electron chi connectivity index (χ4n) is 1.72. The predicted molar refractivity (Wildman–Crippen MR) is 53.0 cm³/mol. The second kappa shape index (κ2) is 4.55. The van der Waals surface area contributed by atoms with E-state index < -0.39 is 0 Å². The van der Waals surface area contributed by atoms with Gasteiger partial charge in [0, 0.05) is 4.58 Å². The molecule has 0 atom stereocenters. The number of thiol groups is 2. The van der Waals surface area contributed by atoms with Gasteiger partial charge in [-0.15, -0.1) is 0 Å². The molecule has 1 rings (SSSR count). The van der Waals surface area contributed by atoms with Crippen LogP contribution in [0.4, 0.5) is 0 Å². The van der Waals surface area contributed by atoms with Gasteiger partial charge in [-0.1, -0.05) is 32.1 Å². The monoisotopic (exact) mass is 176 g/mol. The standard InChI is InChI=1S/C8H16S2/c9-8(10)6-7-4-2-1-3-5-7/h7-10H,1-6H2. The summed E-state index contributed by atoms with van der Waals surface area (Å²) in [6.07, 6.45) is 8.33. The van der Waals surface area contributed by atoms with Gasteiger partial charge >= 0.3 is 0 Å². The molecule has 1 aliphatic carbocycles. The average Bonchev–Trinajstić information content (AvgIpc) is 1.88. The highest BCUT2D eigenvalue weighted by Gasteiger charge is 2.14. The van der Waals surface area contributed by atoms with Gasteiger partial charge in [0.15, 0.2) is 0 Å². The van der Waals surface area contributed by atoms with Crippen LogP contribution in [0.2, 0.25) is 0 Å². The van der Waals surface area contributed by atoms with Gasteiger partial charge in [0.25, 0.3) is 0 Å². The molecule has 0 unspecified atom stereocenters. The van der Waals surface area contributed by atoms with E-state index in [-0.39, 0.29) is 0 Å². The van der Waals surface area contributed by atoms with Crippen molar-refractivity contribution in [2.75, 3.05) is 0 Å². The molecular formula is C8H16S2. The minimum Gasteiger partial charge on any atom is -0.165 e. The van der Waals surface area contributed by atoms with Crippen molar-refractivity contribution in [2.24, 2.45) is 5.92 Å².